The topological polar surface area (TPSA) is 74.0 Å². The van der Waals surface area contributed by atoms with Crippen LogP contribution < -0.4 is 16.0 Å². The lowest BCUT2D eigenvalue weighted by molar-refractivity contribution is -0.119. The number of hydrogen-bond donors (Lipinski definition) is 2. The number of aliphatic imine (C=N–C) groups is 1. The van der Waals surface area contributed by atoms with Crippen LogP contribution in [0.2, 0.25) is 0 Å². The molecule has 0 spiro atoms. The van der Waals surface area contributed by atoms with Crippen molar-refractivity contribution in [2.45, 2.75) is 51.6 Å². The first-order valence-electron chi connectivity index (χ1n) is 9.84. The van der Waals surface area contributed by atoms with Crippen LogP contribution in [-0.4, -0.2) is 49.0 Å². The first-order valence-corrected chi connectivity index (χ1v) is 9.84. The second-order valence-corrected chi connectivity index (χ2v) is 7.18. The van der Waals surface area contributed by atoms with Gasteiger partial charge in [-0.2, -0.15) is 0 Å². The number of hydrogen-bond acceptors (Lipinski definition) is 3. The van der Waals surface area contributed by atoms with Crippen LogP contribution >= 0.6 is 0 Å². The van der Waals surface area contributed by atoms with Crippen molar-refractivity contribution in [3.05, 3.63) is 29.8 Å². The third kappa shape index (κ3) is 4.75. The van der Waals surface area contributed by atoms with Crippen LogP contribution in [0.15, 0.2) is 29.3 Å². The van der Waals surface area contributed by atoms with Crippen molar-refractivity contribution >= 4 is 17.6 Å². The van der Waals surface area contributed by atoms with Crippen LogP contribution in [0, 0.1) is 0 Å². The summed E-state index contributed by atoms with van der Waals surface area (Å²) in [5, 5.41) is 3.26. The summed E-state index contributed by atoms with van der Waals surface area (Å²) in [6.07, 6.45) is 5.24. The fraction of sp³-hybridized carbons (Fsp3) is 0.600. The Morgan fingerprint density at radius 2 is 2.04 bits per heavy atom. The number of carbonyl (C=O) groups is 1. The highest BCUT2D eigenvalue weighted by atomic mass is 16.2. The van der Waals surface area contributed by atoms with Gasteiger partial charge in [0, 0.05) is 31.2 Å². The van der Waals surface area contributed by atoms with Crippen molar-refractivity contribution in [1.82, 2.24) is 10.2 Å². The van der Waals surface area contributed by atoms with Gasteiger partial charge in [0.05, 0.1) is 6.54 Å². The minimum atomic E-state index is 0.225. The van der Waals surface area contributed by atoms with Gasteiger partial charge in [0.2, 0.25) is 5.91 Å². The molecule has 26 heavy (non-hydrogen) atoms. The Morgan fingerprint density at radius 1 is 1.23 bits per heavy atom. The summed E-state index contributed by atoms with van der Waals surface area (Å²) in [4.78, 5) is 20.8. The van der Waals surface area contributed by atoms with E-state index in [9.17, 15) is 4.79 Å². The zero-order valence-corrected chi connectivity index (χ0v) is 15.8. The summed E-state index contributed by atoms with van der Waals surface area (Å²) in [5.74, 6) is 0.728. The minimum Gasteiger partial charge on any atom is -0.370 e. The molecule has 2 heterocycles. The number of nitrogens with zero attached hydrogens (tertiary/aromatic N) is 3. The molecule has 142 valence electrons. The van der Waals surface area contributed by atoms with Crippen molar-refractivity contribution in [3.8, 4) is 0 Å². The van der Waals surface area contributed by atoms with Crippen molar-refractivity contribution in [3.63, 3.8) is 0 Å². The highest BCUT2D eigenvalue weighted by Gasteiger charge is 2.22. The molecule has 2 fully saturated rings. The zero-order chi connectivity index (χ0) is 18.4. The molecule has 1 atom stereocenters. The van der Waals surface area contributed by atoms with Gasteiger partial charge in [-0.15, -0.1) is 0 Å². The zero-order valence-electron chi connectivity index (χ0n) is 15.8. The van der Waals surface area contributed by atoms with Gasteiger partial charge in [-0.05, 0) is 56.5 Å². The fourth-order valence-corrected chi connectivity index (χ4v) is 3.86. The first-order chi connectivity index (χ1) is 12.7. The van der Waals surface area contributed by atoms with Gasteiger partial charge < -0.3 is 16.0 Å². The number of carbonyl (C=O) groups excluding carboxylic acids is 1. The maximum atomic E-state index is 12.0. The van der Waals surface area contributed by atoms with Crippen LogP contribution in [0.1, 0.15) is 44.6 Å². The fourth-order valence-electron chi connectivity index (χ4n) is 3.86. The van der Waals surface area contributed by atoms with E-state index in [0.717, 1.165) is 43.7 Å². The van der Waals surface area contributed by atoms with Crippen LogP contribution in [0.5, 0.6) is 0 Å². The highest BCUT2D eigenvalue weighted by molar-refractivity contribution is 5.93. The number of likely N-dealkylation sites (tertiary alicyclic amines) is 1. The molecule has 0 bridgehead atoms. The lowest BCUT2D eigenvalue weighted by Crippen LogP contribution is -2.42. The Bertz CT molecular complexity index is 628. The number of benzene rings is 1. The molecule has 0 aromatic heterocycles. The van der Waals surface area contributed by atoms with E-state index in [0.29, 0.717) is 25.0 Å². The molecule has 3 N–H and O–H groups in total. The quantitative estimate of drug-likeness (QED) is 0.604. The molecule has 1 aromatic carbocycles. The van der Waals surface area contributed by atoms with Crippen molar-refractivity contribution in [2.24, 2.45) is 10.7 Å². The lowest BCUT2D eigenvalue weighted by Gasteiger charge is -2.26. The standard InChI is InChI=1S/C20H31N5O/c1-2-24-12-5-6-18(24)15-23-20(21)22-14-16-8-10-17(11-9-16)25-13-4-3-7-19(25)26/h8-11,18H,2-7,12-15H2,1H3,(H3,21,22,23). The molecule has 6 heteroatoms. The van der Waals surface area contributed by atoms with Gasteiger partial charge in [0.25, 0.3) is 0 Å². The monoisotopic (exact) mass is 357 g/mol. The van der Waals surface area contributed by atoms with Gasteiger partial charge in [-0.1, -0.05) is 19.1 Å². The Hall–Kier alpha value is -2.08. The molecule has 1 unspecified atom stereocenters. The van der Waals surface area contributed by atoms with Gasteiger partial charge in [0.15, 0.2) is 5.96 Å². The van der Waals surface area contributed by atoms with Crippen molar-refractivity contribution in [2.75, 3.05) is 31.1 Å². The average molecular weight is 358 g/mol. The van der Waals surface area contributed by atoms with Crippen LogP contribution in [-0.2, 0) is 11.3 Å². The van der Waals surface area contributed by atoms with Crippen molar-refractivity contribution < 1.29 is 4.79 Å². The number of likely N-dealkylation sites (N-methyl/N-ethyl adjacent to an activating group) is 1. The van der Waals surface area contributed by atoms with Crippen LogP contribution in [0.4, 0.5) is 5.69 Å². The van der Waals surface area contributed by atoms with E-state index >= 15 is 0 Å². The molecule has 2 saturated heterocycles. The molecule has 0 radical (unpaired) electrons. The number of piperidine rings is 1. The molecule has 1 aromatic rings. The molecule has 3 rings (SSSR count). The Balaban J connectivity index is 1.49. The first kappa shape index (κ1) is 18.7. The minimum absolute atomic E-state index is 0.225. The number of guanidine groups is 1. The summed E-state index contributed by atoms with van der Waals surface area (Å²) >= 11 is 0. The summed E-state index contributed by atoms with van der Waals surface area (Å²) in [5.41, 5.74) is 8.10. The summed E-state index contributed by atoms with van der Waals surface area (Å²) in [7, 11) is 0. The van der Waals surface area contributed by atoms with Crippen LogP contribution in [0.25, 0.3) is 0 Å². The number of anilines is 1. The SMILES string of the molecule is CCN1CCCC1CNC(N)=NCc1ccc(N2CCCCC2=O)cc1. The normalized spacial score (nSPS) is 22.0. The maximum Gasteiger partial charge on any atom is 0.226 e. The predicted octanol–water partition coefficient (Wildman–Crippen LogP) is 2.09. The molecule has 0 aliphatic carbocycles. The Kier molecular flexibility index (Phi) is 6.50. The lowest BCUT2D eigenvalue weighted by atomic mass is 10.1. The Labute approximate surface area is 156 Å². The van der Waals surface area contributed by atoms with E-state index < -0.39 is 0 Å². The summed E-state index contributed by atoms with van der Waals surface area (Å²) in [6, 6.07) is 8.65. The van der Waals surface area contributed by atoms with E-state index in [4.69, 9.17) is 5.73 Å². The molecule has 2 aliphatic rings. The smallest absolute Gasteiger partial charge is 0.226 e. The van der Waals surface area contributed by atoms with Gasteiger partial charge >= 0.3 is 0 Å². The second kappa shape index (κ2) is 9.03. The number of nitrogens with one attached hydrogen (secondary N) is 1. The van der Waals surface area contributed by atoms with E-state index in [-0.39, 0.29) is 5.91 Å². The Morgan fingerprint density at radius 3 is 2.77 bits per heavy atom. The third-order valence-corrected chi connectivity index (χ3v) is 5.43. The molecular formula is C20H31N5O. The van der Waals surface area contributed by atoms with E-state index in [1.165, 1.54) is 19.4 Å². The second-order valence-electron chi connectivity index (χ2n) is 7.18. The molecule has 6 nitrogen and oxygen atoms in total. The van der Waals surface area contributed by atoms with Crippen LogP contribution in [0.3, 0.4) is 0 Å². The molecular weight excluding hydrogens is 326 g/mol. The van der Waals surface area contributed by atoms with E-state index in [1.807, 2.05) is 29.2 Å². The summed E-state index contributed by atoms with van der Waals surface area (Å²) < 4.78 is 0. The summed E-state index contributed by atoms with van der Waals surface area (Å²) in [6.45, 7) is 6.72. The predicted molar refractivity (Wildman–Crippen MR) is 106 cm³/mol. The molecule has 2 aliphatic heterocycles. The van der Waals surface area contributed by atoms with E-state index in [1.54, 1.807) is 0 Å². The van der Waals surface area contributed by atoms with Crippen molar-refractivity contribution in [1.29, 1.82) is 0 Å². The van der Waals surface area contributed by atoms with Gasteiger partial charge in [-0.25, -0.2) is 4.99 Å². The van der Waals surface area contributed by atoms with Gasteiger partial charge in [-0.3, -0.25) is 9.69 Å². The van der Waals surface area contributed by atoms with E-state index in [2.05, 4.69) is 22.1 Å². The highest BCUT2D eigenvalue weighted by Crippen LogP contribution is 2.21. The third-order valence-electron chi connectivity index (χ3n) is 5.43. The average Bonchev–Trinajstić information content (AvgIpc) is 3.13. The molecule has 0 saturated carbocycles. The van der Waals surface area contributed by atoms with Gasteiger partial charge in [0.1, 0.15) is 0 Å². The molecule has 1 amide bonds. The number of rotatable bonds is 6. The maximum absolute atomic E-state index is 12.0. The number of amides is 1. The number of nitrogens with two attached hydrogens (primary N) is 1. The largest absolute Gasteiger partial charge is 0.370 e.